The van der Waals surface area contributed by atoms with E-state index in [9.17, 15) is 9.59 Å². The van der Waals surface area contributed by atoms with Crippen molar-refractivity contribution in [3.05, 3.63) is 74.9 Å². The molecule has 1 amide bonds. The van der Waals surface area contributed by atoms with E-state index in [1.54, 1.807) is 13.2 Å². The van der Waals surface area contributed by atoms with Gasteiger partial charge in [-0.2, -0.15) is 0 Å². The lowest BCUT2D eigenvalue weighted by Crippen LogP contribution is -2.22. The van der Waals surface area contributed by atoms with Gasteiger partial charge in [0.1, 0.15) is 5.75 Å². The molecule has 0 fully saturated rings. The lowest BCUT2D eigenvalue weighted by molar-refractivity contribution is 0.0955. The minimum Gasteiger partial charge on any atom is -0.496 e. The first kappa shape index (κ1) is 17.3. The number of aromatic nitrogens is 1. The van der Waals surface area contributed by atoms with Crippen molar-refractivity contribution in [1.29, 1.82) is 0 Å². The second-order valence-electron chi connectivity index (χ2n) is 6.35. The zero-order chi connectivity index (χ0) is 19.0. The van der Waals surface area contributed by atoms with E-state index >= 15 is 0 Å². The minimum atomic E-state index is -0.206. The van der Waals surface area contributed by atoms with Gasteiger partial charge in [0.15, 0.2) is 0 Å². The summed E-state index contributed by atoms with van der Waals surface area (Å²) in [5.74, 6) is 0.523. The van der Waals surface area contributed by atoms with Crippen LogP contribution in [0.1, 0.15) is 20.8 Å². The molecule has 4 rings (SSSR count). The van der Waals surface area contributed by atoms with Gasteiger partial charge in [0.2, 0.25) is 0 Å². The van der Waals surface area contributed by atoms with Gasteiger partial charge in [-0.3, -0.25) is 9.59 Å². The number of hydrogen-bond acceptors (Lipinski definition) is 4. The number of aryl methyl sites for hydroxylation is 1. The maximum atomic E-state index is 12.6. The van der Waals surface area contributed by atoms with Crippen molar-refractivity contribution in [2.45, 2.75) is 13.5 Å². The molecule has 0 bridgehead atoms. The number of benzene rings is 2. The fourth-order valence-electron chi connectivity index (χ4n) is 3.13. The molecule has 0 unspecified atom stereocenters. The number of para-hydroxylation sites is 1. The summed E-state index contributed by atoms with van der Waals surface area (Å²) >= 11 is 1.34. The molecule has 0 spiro atoms. The van der Waals surface area contributed by atoms with Gasteiger partial charge in [0.25, 0.3) is 11.5 Å². The zero-order valence-corrected chi connectivity index (χ0v) is 15.8. The van der Waals surface area contributed by atoms with Gasteiger partial charge in [-0.1, -0.05) is 29.8 Å². The number of aromatic amines is 1. The maximum Gasteiger partial charge on any atom is 0.261 e. The third-order valence-electron chi connectivity index (χ3n) is 4.50. The molecule has 2 heterocycles. The molecule has 0 saturated heterocycles. The van der Waals surface area contributed by atoms with E-state index in [0.717, 1.165) is 32.5 Å². The molecule has 136 valence electrons. The molecule has 6 heteroatoms. The summed E-state index contributed by atoms with van der Waals surface area (Å²) in [6.45, 7) is 2.36. The molecule has 0 saturated carbocycles. The molecule has 0 aliphatic heterocycles. The number of hydrogen-bond donors (Lipinski definition) is 2. The first-order valence-electron chi connectivity index (χ1n) is 8.53. The predicted molar refractivity (Wildman–Crippen MR) is 109 cm³/mol. The minimum absolute atomic E-state index is 0.179. The molecule has 5 nitrogen and oxygen atoms in total. The Bertz CT molecular complexity index is 1220. The summed E-state index contributed by atoms with van der Waals surface area (Å²) in [5, 5.41) is 4.41. The van der Waals surface area contributed by atoms with Crippen LogP contribution in [-0.2, 0) is 6.54 Å². The van der Waals surface area contributed by atoms with Crippen LogP contribution in [0.3, 0.4) is 0 Å². The number of thiophene rings is 1. The highest BCUT2D eigenvalue weighted by Crippen LogP contribution is 2.30. The number of methoxy groups -OCH3 is 1. The summed E-state index contributed by atoms with van der Waals surface area (Å²) in [6, 6.07) is 15.1. The summed E-state index contributed by atoms with van der Waals surface area (Å²) in [5.41, 5.74) is 2.60. The SMILES string of the molecule is COc1ccccc1CNC(=O)c1cc2c(=O)[nH]c3ccc(C)cc3c2s1. The summed E-state index contributed by atoms with van der Waals surface area (Å²) in [6.07, 6.45) is 0. The number of carbonyl (C=O) groups is 1. The van der Waals surface area contributed by atoms with E-state index in [2.05, 4.69) is 10.3 Å². The Morgan fingerprint density at radius 2 is 1.96 bits per heavy atom. The molecule has 2 aromatic carbocycles. The van der Waals surface area contributed by atoms with Crippen molar-refractivity contribution in [2.75, 3.05) is 7.11 Å². The Balaban J connectivity index is 1.68. The van der Waals surface area contributed by atoms with E-state index in [4.69, 9.17) is 4.74 Å². The molecule has 0 radical (unpaired) electrons. The maximum absolute atomic E-state index is 12.6. The average Bonchev–Trinajstić information content (AvgIpc) is 3.13. The predicted octanol–water partition coefficient (Wildman–Crippen LogP) is 3.99. The Hall–Kier alpha value is -3.12. The number of amides is 1. The highest BCUT2D eigenvalue weighted by Gasteiger charge is 2.15. The quantitative estimate of drug-likeness (QED) is 0.564. The average molecular weight is 378 g/mol. The molecule has 2 N–H and O–H groups in total. The van der Waals surface area contributed by atoms with Crippen LogP contribution in [0.5, 0.6) is 5.75 Å². The van der Waals surface area contributed by atoms with Crippen molar-refractivity contribution >= 4 is 38.2 Å². The Morgan fingerprint density at radius 3 is 2.78 bits per heavy atom. The van der Waals surface area contributed by atoms with Crippen molar-refractivity contribution < 1.29 is 9.53 Å². The van der Waals surface area contributed by atoms with E-state index < -0.39 is 0 Å². The first-order chi connectivity index (χ1) is 13.1. The number of ether oxygens (including phenoxy) is 1. The monoisotopic (exact) mass is 378 g/mol. The number of H-pyrrole nitrogens is 1. The summed E-state index contributed by atoms with van der Waals surface area (Å²) in [4.78, 5) is 28.4. The lowest BCUT2D eigenvalue weighted by Gasteiger charge is -2.08. The van der Waals surface area contributed by atoms with E-state index in [0.29, 0.717) is 16.8 Å². The molecule has 27 heavy (non-hydrogen) atoms. The Kier molecular flexibility index (Phi) is 4.41. The fraction of sp³-hybridized carbons (Fsp3) is 0.143. The van der Waals surface area contributed by atoms with Crippen molar-refractivity contribution in [3.8, 4) is 5.75 Å². The van der Waals surface area contributed by atoms with Gasteiger partial charge in [-0.15, -0.1) is 11.3 Å². The van der Waals surface area contributed by atoms with Crippen LogP contribution in [0.15, 0.2) is 53.3 Å². The van der Waals surface area contributed by atoms with Crippen LogP contribution in [0, 0.1) is 6.92 Å². The Labute approximate surface area is 159 Å². The largest absolute Gasteiger partial charge is 0.496 e. The van der Waals surface area contributed by atoms with Crippen LogP contribution >= 0.6 is 11.3 Å². The van der Waals surface area contributed by atoms with Gasteiger partial charge in [-0.25, -0.2) is 0 Å². The van der Waals surface area contributed by atoms with Crippen molar-refractivity contribution in [3.63, 3.8) is 0 Å². The van der Waals surface area contributed by atoms with Gasteiger partial charge in [-0.05, 0) is 31.2 Å². The molecule has 0 atom stereocenters. The number of pyridine rings is 1. The molecule has 0 aliphatic carbocycles. The van der Waals surface area contributed by atoms with Crippen molar-refractivity contribution in [1.82, 2.24) is 10.3 Å². The summed E-state index contributed by atoms with van der Waals surface area (Å²) in [7, 11) is 1.60. The van der Waals surface area contributed by atoms with Crippen LogP contribution in [0.4, 0.5) is 0 Å². The molecular formula is C21H18N2O3S. The zero-order valence-electron chi connectivity index (χ0n) is 15.0. The highest BCUT2D eigenvalue weighted by atomic mass is 32.1. The van der Waals surface area contributed by atoms with E-state index in [1.807, 2.05) is 49.4 Å². The van der Waals surface area contributed by atoms with Gasteiger partial charge >= 0.3 is 0 Å². The van der Waals surface area contributed by atoms with E-state index in [1.165, 1.54) is 11.3 Å². The third kappa shape index (κ3) is 3.19. The van der Waals surface area contributed by atoms with Crippen LogP contribution in [0.25, 0.3) is 21.0 Å². The number of rotatable bonds is 4. The Morgan fingerprint density at radius 1 is 1.15 bits per heavy atom. The van der Waals surface area contributed by atoms with Crippen LogP contribution in [0.2, 0.25) is 0 Å². The molecular weight excluding hydrogens is 360 g/mol. The molecule has 0 aliphatic rings. The second-order valence-corrected chi connectivity index (χ2v) is 7.40. The second kappa shape index (κ2) is 6.89. The first-order valence-corrected chi connectivity index (χ1v) is 9.35. The topological polar surface area (TPSA) is 71.2 Å². The normalized spacial score (nSPS) is 11.0. The highest BCUT2D eigenvalue weighted by molar-refractivity contribution is 7.21. The van der Waals surface area contributed by atoms with E-state index in [-0.39, 0.29) is 11.5 Å². The molecule has 2 aromatic heterocycles. The fourth-order valence-corrected chi connectivity index (χ4v) is 4.23. The molecule has 4 aromatic rings. The third-order valence-corrected chi connectivity index (χ3v) is 5.67. The number of fused-ring (bicyclic) bond motifs is 3. The van der Waals surface area contributed by atoms with Crippen LogP contribution < -0.4 is 15.6 Å². The summed E-state index contributed by atoms with van der Waals surface area (Å²) < 4.78 is 6.15. The number of nitrogens with one attached hydrogen (secondary N) is 2. The lowest BCUT2D eigenvalue weighted by atomic mass is 10.1. The standard InChI is InChI=1S/C21H18N2O3S/c1-12-7-8-16-14(9-12)19-15(20(24)23-16)10-18(27-19)21(25)22-11-13-5-3-4-6-17(13)26-2/h3-10H,11H2,1-2H3,(H,22,25)(H,23,24). The van der Waals surface area contributed by atoms with Gasteiger partial charge < -0.3 is 15.0 Å². The van der Waals surface area contributed by atoms with Crippen molar-refractivity contribution in [2.24, 2.45) is 0 Å². The van der Waals surface area contributed by atoms with Crippen LogP contribution in [-0.4, -0.2) is 18.0 Å². The smallest absolute Gasteiger partial charge is 0.261 e. The van der Waals surface area contributed by atoms with Gasteiger partial charge in [0.05, 0.1) is 17.4 Å². The number of carbonyl (C=O) groups excluding carboxylic acids is 1. The van der Waals surface area contributed by atoms with Gasteiger partial charge in [0, 0.05) is 27.7 Å².